The van der Waals surface area contributed by atoms with Gasteiger partial charge in [0, 0.05) is 47.7 Å². The maximum atomic E-state index is 6.07. The summed E-state index contributed by atoms with van der Waals surface area (Å²) in [6.45, 7) is 4.48. The fraction of sp³-hybridized carbons (Fsp3) is 0.294. The van der Waals surface area contributed by atoms with Crippen LogP contribution in [0, 0.1) is 0 Å². The number of hydrogen-bond donors (Lipinski definition) is 2. The van der Waals surface area contributed by atoms with Crippen molar-refractivity contribution < 1.29 is 4.74 Å². The molecule has 1 unspecified atom stereocenters. The van der Waals surface area contributed by atoms with Gasteiger partial charge < -0.3 is 20.4 Å². The van der Waals surface area contributed by atoms with Gasteiger partial charge in [-0.15, -0.1) is 0 Å². The number of ether oxygens (including phenoxy) is 1. The van der Waals surface area contributed by atoms with Crippen molar-refractivity contribution in [1.29, 1.82) is 0 Å². The van der Waals surface area contributed by atoms with Crippen LogP contribution >= 0.6 is 0 Å². The van der Waals surface area contributed by atoms with Crippen molar-refractivity contribution in [3.8, 4) is 11.3 Å². The number of fused-ring (bicyclic) bond motifs is 1. The number of pyridine rings is 2. The minimum Gasteiger partial charge on any atom is -0.384 e. The predicted molar refractivity (Wildman–Crippen MR) is 91.4 cm³/mol. The van der Waals surface area contributed by atoms with Gasteiger partial charge in [-0.1, -0.05) is 0 Å². The van der Waals surface area contributed by atoms with Crippen molar-refractivity contribution in [2.24, 2.45) is 0 Å². The van der Waals surface area contributed by atoms with E-state index in [2.05, 4.69) is 32.8 Å². The lowest BCUT2D eigenvalue weighted by Crippen LogP contribution is -2.43. The predicted octanol–water partition coefficient (Wildman–Crippen LogP) is 2.43. The summed E-state index contributed by atoms with van der Waals surface area (Å²) in [4.78, 5) is 14.3. The second-order valence-corrected chi connectivity index (χ2v) is 5.88. The molecule has 1 atom stereocenters. The molecule has 1 fully saturated rings. The minimum atomic E-state index is 0.319. The third kappa shape index (κ3) is 2.51. The molecule has 3 N–H and O–H groups in total. The maximum absolute atomic E-state index is 6.07. The summed E-state index contributed by atoms with van der Waals surface area (Å²) in [6.07, 6.45) is 5.56. The molecule has 1 saturated heterocycles. The smallest absolute Gasteiger partial charge is 0.126 e. The quantitative estimate of drug-likeness (QED) is 0.760. The van der Waals surface area contributed by atoms with Crippen LogP contribution in [-0.2, 0) is 4.74 Å². The third-order valence-corrected chi connectivity index (χ3v) is 4.28. The Kier molecular flexibility index (Phi) is 3.38. The third-order valence-electron chi connectivity index (χ3n) is 4.28. The Balaban J connectivity index is 1.82. The van der Waals surface area contributed by atoms with Crippen LogP contribution in [-0.4, -0.2) is 40.8 Å². The molecule has 6 nitrogen and oxygen atoms in total. The number of H-pyrrole nitrogens is 1. The molecular formula is C17H19N5O. The van der Waals surface area contributed by atoms with Crippen molar-refractivity contribution in [3.63, 3.8) is 0 Å². The van der Waals surface area contributed by atoms with Crippen LogP contribution < -0.4 is 10.6 Å². The number of hydrogen-bond acceptors (Lipinski definition) is 5. The lowest BCUT2D eigenvalue weighted by Gasteiger charge is -2.35. The van der Waals surface area contributed by atoms with Gasteiger partial charge in [-0.25, -0.2) is 4.98 Å². The number of aromatic nitrogens is 3. The molecule has 0 aliphatic carbocycles. The highest BCUT2D eigenvalue weighted by atomic mass is 16.5. The zero-order valence-electron chi connectivity index (χ0n) is 13.0. The number of nitrogen functional groups attached to an aromatic ring is 1. The van der Waals surface area contributed by atoms with Crippen molar-refractivity contribution in [2.45, 2.75) is 13.0 Å². The van der Waals surface area contributed by atoms with Crippen LogP contribution in [0.5, 0.6) is 0 Å². The van der Waals surface area contributed by atoms with E-state index in [9.17, 15) is 0 Å². The molecule has 0 amide bonds. The molecule has 3 aromatic heterocycles. The summed E-state index contributed by atoms with van der Waals surface area (Å²) >= 11 is 0. The van der Waals surface area contributed by atoms with Gasteiger partial charge in [0.1, 0.15) is 5.82 Å². The number of morpholine rings is 1. The molecule has 23 heavy (non-hydrogen) atoms. The lowest BCUT2D eigenvalue weighted by molar-refractivity contribution is 0.0989. The normalized spacial score (nSPS) is 18.5. The van der Waals surface area contributed by atoms with E-state index in [4.69, 9.17) is 10.5 Å². The van der Waals surface area contributed by atoms with E-state index in [1.807, 2.05) is 30.7 Å². The van der Waals surface area contributed by atoms with E-state index in [-0.39, 0.29) is 0 Å². The van der Waals surface area contributed by atoms with Gasteiger partial charge in [-0.05, 0) is 19.1 Å². The minimum absolute atomic E-state index is 0.319. The highest BCUT2D eigenvalue weighted by Gasteiger charge is 2.20. The van der Waals surface area contributed by atoms with Crippen LogP contribution in [0.15, 0.2) is 36.8 Å². The average molecular weight is 309 g/mol. The van der Waals surface area contributed by atoms with Gasteiger partial charge in [0.05, 0.1) is 30.6 Å². The summed E-state index contributed by atoms with van der Waals surface area (Å²) in [6, 6.07) is 6.37. The Morgan fingerprint density at radius 3 is 3.13 bits per heavy atom. The molecule has 6 heteroatoms. The van der Waals surface area contributed by atoms with E-state index in [1.165, 1.54) is 0 Å². The van der Waals surface area contributed by atoms with Crippen LogP contribution in [0.25, 0.3) is 22.2 Å². The van der Waals surface area contributed by atoms with E-state index in [0.717, 1.165) is 47.6 Å². The summed E-state index contributed by atoms with van der Waals surface area (Å²) in [5.74, 6) is 0.517. The average Bonchev–Trinajstić information content (AvgIpc) is 3.03. The molecule has 4 rings (SSSR count). The standard InChI is InChI=1S/C17H19N5O/c1-11-10-23-5-4-22(11)12-6-15(21-17(18)7-12)14-8-19-9-16-13(14)2-3-20-16/h2-3,6-9,11,20H,4-5,10H2,1H3,(H2,18,21). The first-order chi connectivity index (χ1) is 11.2. The summed E-state index contributed by atoms with van der Waals surface area (Å²) in [7, 11) is 0. The second-order valence-electron chi connectivity index (χ2n) is 5.88. The first-order valence-corrected chi connectivity index (χ1v) is 7.76. The molecule has 3 aromatic rings. The zero-order chi connectivity index (χ0) is 15.8. The van der Waals surface area contributed by atoms with Crippen molar-refractivity contribution in [1.82, 2.24) is 15.0 Å². The van der Waals surface area contributed by atoms with Gasteiger partial charge in [0.2, 0.25) is 0 Å². The first-order valence-electron chi connectivity index (χ1n) is 7.76. The van der Waals surface area contributed by atoms with Gasteiger partial charge in [-0.3, -0.25) is 4.98 Å². The molecule has 118 valence electrons. The fourth-order valence-corrected chi connectivity index (χ4v) is 3.14. The van der Waals surface area contributed by atoms with E-state index in [1.54, 1.807) is 0 Å². The Morgan fingerprint density at radius 1 is 1.35 bits per heavy atom. The first kappa shape index (κ1) is 14.0. The molecule has 1 aliphatic heterocycles. The zero-order valence-corrected chi connectivity index (χ0v) is 13.0. The number of aromatic amines is 1. The molecule has 0 bridgehead atoms. The molecule has 4 heterocycles. The number of rotatable bonds is 2. The van der Waals surface area contributed by atoms with E-state index < -0.39 is 0 Å². The second kappa shape index (κ2) is 5.55. The molecule has 0 spiro atoms. The molecule has 1 aliphatic rings. The van der Waals surface area contributed by atoms with Crippen LogP contribution in [0.2, 0.25) is 0 Å². The van der Waals surface area contributed by atoms with E-state index in [0.29, 0.717) is 11.9 Å². The Labute approximate surface area is 134 Å². The lowest BCUT2D eigenvalue weighted by atomic mass is 10.1. The topological polar surface area (TPSA) is 80.1 Å². The van der Waals surface area contributed by atoms with E-state index >= 15 is 0 Å². The van der Waals surface area contributed by atoms with Crippen molar-refractivity contribution in [3.05, 3.63) is 36.8 Å². The summed E-state index contributed by atoms with van der Waals surface area (Å²) in [5, 5.41) is 1.10. The molecule has 0 saturated carbocycles. The van der Waals surface area contributed by atoms with Gasteiger partial charge in [0.15, 0.2) is 0 Å². The van der Waals surface area contributed by atoms with Crippen LogP contribution in [0.3, 0.4) is 0 Å². The van der Waals surface area contributed by atoms with Gasteiger partial charge in [-0.2, -0.15) is 0 Å². The Bertz CT molecular complexity index is 844. The van der Waals surface area contributed by atoms with Crippen LogP contribution in [0.4, 0.5) is 11.5 Å². The Morgan fingerprint density at radius 2 is 2.26 bits per heavy atom. The highest BCUT2D eigenvalue weighted by Crippen LogP contribution is 2.30. The fourth-order valence-electron chi connectivity index (χ4n) is 3.14. The van der Waals surface area contributed by atoms with Gasteiger partial charge >= 0.3 is 0 Å². The highest BCUT2D eigenvalue weighted by molar-refractivity contribution is 5.93. The molecule has 0 aromatic carbocycles. The molecule has 0 radical (unpaired) electrons. The van der Waals surface area contributed by atoms with Crippen LogP contribution in [0.1, 0.15) is 6.92 Å². The number of nitrogens with two attached hydrogens (primary N) is 1. The van der Waals surface area contributed by atoms with Crippen molar-refractivity contribution in [2.75, 3.05) is 30.4 Å². The monoisotopic (exact) mass is 309 g/mol. The number of anilines is 2. The maximum Gasteiger partial charge on any atom is 0.126 e. The largest absolute Gasteiger partial charge is 0.384 e. The summed E-state index contributed by atoms with van der Waals surface area (Å²) in [5.41, 5.74) is 9.97. The molecular weight excluding hydrogens is 290 g/mol. The van der Waals surface area contributed by atoms with Gasteiger partial charge in [0.25, 0.3) is 0 Å². The Hall–Kier alpha value is -2.60. The number of nitrogens with one attached hydrogen (secondary N) is 1. The SMILES string of the molecule is CC1COCCN1c1cc(N)nc(-c2cncc3[nH]ccc23)c1. The summed E-state index contributed by atoms with van der Waals surface area (Å²) < 4.78 is 5.52. The van der Waals surface area contributed by atoms with Crippen molar-refractivity contribution >= 4 is 22.4 Å². The number of nitrogens with zero attached hydrogens (tertiary/aromatic N) is 3.